The molecule has 0 saturated heterocycles. The van der Waals surface area contributed by atoms with Crippen LogP contribution in [0.4, 0.5) is 5.69 Å². The lowest BCUT2D eigenvalue weighted by molar-refractivity contribution is 0.473. The van der Waals surface area contributed by atoms with Gasteiger partial charge in [-0.3, -0.25) is 0 Å². The molecule has 0 spiro atoms. The van der Waals surface area contributed by atoms with Crippen LogP contribution in [0, 0.1) is 0 Å². The number of anilines is 1. The lowest BCUT2D eigenvalue weighted by atomic mass is 9.99. The first-order chi connectivity index (χ1) is 5.77. The molecule has 3 heteroatoms. The minimum atomic E-state index is 0.259. The van der Waals surface area contributed by atoms with E-state index in [9.17, 15) is 5.11 Å². The summed E-state index contributed by atoms with van der Waals surface area (Å²) >= 11 is 0. The van der Waals surface area contributed by atoms with Gasteiger partial charge in [0.25, 0.3) is 0 Å². The van der Waals surface area contributed by atoms with Gasteiger partial charge in [0.2, 0.25) is 0 Å². The van der Waals surface area contributed by atoms with Crippen molar-refractivity contribution in [2.75, 3.05) is 12.3 Å². The van der Waals surface area contributed by atoms with E-state index in [0.29, 0.717) is 5.69 Å². The molecule has 0 aromatic heterocycles. The van der Waals surface area contributed by atoms with E-state index in [1.807, 2.05) is 0 Å². The lowest BCUT2D eigenvalue weighted by Crippen LogP contribution is -2.24. The third-order valence-electron chi connectivity index (χ3n) is 2.23. The predicted molar refractivity (Wildman–Crippen MR) is 47.9 cm³/mol. The van der Waals surface area contributed by atoms with Crippen molar-refractivity contribution in [2.45, 2.75) is 13.0 Å². The van der Waals surface area contributed by atoms with Crippen LogP contribution in [0.3, 0.4) is 0 Å². The summed E-state index contributed by atoms with van der Waals surface area (Å²) in [4.78, 5) is 0. The van der Waals surface area contributed by atoms with E-state index >= 15 is 0 Å². The van der Waals surface area contributed by atoms with E-state index in [4.69, 9.17) is 5.73 Å². The first-order valence-electron chi connectivity index (χ1n) is 4.08. The fourth-order valence-electron chi connectivity index (χ4n) is 1.64. The summed E-state index contributed by atoms with van der Waals surface area (Å²) in [6, 6.07) is 3.39. The van der Waals surface area contributed by atoms with E-state index in [0.717, 1.165) is 25.1 Å². The molecule has 1 aliphatic rings. The minimum absolute atomic E-state index is 0.259. The van der Waals surface area contributed by atoms with Gasteiger partial charge < -0.3 is 16.2 Å². The standard InChI is InChI=1S/C9H12N2O/c10-9-4-7(12)3-6-5-11-2-1-8(6)9/h3-4,11-12H,1-2,5,10H2. The molecule has 12 heavy (non-hydrogen) atoms. The third-order valence-corrected chi connectivity index (χ3v) is 2.23. The molecule has 64 valence electrons. The molecule has 1 aromatic rings. The van der Waals surface area contributed by atoms with Crippen LogP contribution in [-0.2, 0) is 13.0 Å². The average molecular weight is 164 g/mol. The highest BCUT2D eigenvalue weighted by Crippen LogP contribution is 2.25. The molecule has 0 atom stereocenters. The highest BCUT2D eigenvalue weighted by Gasteiger charge is 2.11. The average Bonchev–Trinajstić information content (AvgIpc) is 2.04. The zero-order chi connectivity index (χ0) is 8.55. The Morgan fingerprint density at radius 2 is 2.25 bits per heavy atom. The second kappa shape index (κ2) is 2.68. The number of fused-ring (bicyclic) bond motifs is 1. The summed E-state index contributed by atoms with van der Waals surface area (Å²) in [7, 11) is 0. The number of benzene rings is 1. The molecule has 0 fully saturated rings. The Kier molecular flexibility index (Phi) is 1.66. The van der Waals surface area contributed by atoms with Crippen molar-refractivity contribution in [3.8, 4) is 5.75 Å². The second-order valence-electron chi connectivity index (χ2n) is 3.10. The molecular weight excluding hydrogens is 152 g/mol. The minimum Gasteiger partial charge on any atom is -0.508 e. The zero-order valence-electron chi connectivity index (χ0n) is 6.80. The summed E-state index contributed by atoms with van der Waals surface area (Å²) in [5.41, 5.74) is 8.78. The summed E-state index contributed by atoms with van der Waals surface area (Å²) in [5.74, 6) is 0.259. The predicted octanol–water partition coefficient (Wildman–Crippen LogP) is 0.620. The lowest BCUT2D eigenvalue weighted by Gasteiger charge is -2.18. The molecule has 0 bridgehead atoms. The summed E-state index contributed by atoms with van der Waals surface area (Å²) in [6.45, 7) is 1.79. The molecule has 0 amide bonds. The molecule has 3 nitrogen and oxygen atoms in total. The number of hydrogen-bond acceptors (Lipinski definition) is 3. The number of phenolic OH excluding ortho intramolecular Hbond substituents is 1. The SMILES string of the molecule is Nc1cc(O)cc2c1CCNC2. The van der Waals surface area contributed by atoms with Gasteiger partial charge in [0.1, 0.15) is 5.75 Å². The van der Waals surface area contributed by atoms with Crippen molar-refractivity contribution in [3.63, 3.8) is 0 Å². The smallest absolute Gasteiger partial charge is 0.117 e. The van der Waals surface area contributed by atoms with Crippen LogP contribution in [0.2, 0.25) is 0 Å². The normalized spacial score (nSPS) is 15.7. The summed E-state index contributed by atoms with van der Waals surface area (Å²) in [6.07, 6.45) is 0.960. The number of nitrogens with one attached hydrogen (secondary N) is 1. The van der Waals surface area contributed by atoms with Gasteiger partial charge in [0, 0.05) is 18.3 Å². The molecule has 1 aromatic carbocycles. The van der Waals surface area contributed by atoms with Gasteiger partial charge in [0.15, 0.2) is 0 Å². The van der Waals surface area contributed by atoms with Crippen LogP contribution in [-0.4, -0.2) is 11.7 Å². The van der Waals surface area contributed by atoms with Gasteiger partial charge in [-0.25, -0.2) is 0 Å². The molecular formula is C9H12N2O. The second-order valence-corrected chi connectivity index (χ2v) is 3.10. The topological polar surface area (TPSA) is 58.3 Å². The molecule has 4 N–H and O–H groups in total. The highest BCUT2D eigenvalue weighted by molar-refractivity contribution is 5.56. The van der Waals surface area contributed by atoms with Crippen molar-refractivity contribution in [3.05, 3.63) is 23.3 Å². The molecule has 1 aliphatic heterocycles. The molecule has 2 rings (SSSR count). The van der Waals surface area contributed by atoms with Crippen molar-refractivity contribution < 1.29 is 5.11 Å². The van der Waals surface area contributed by atoms with Crippen LogP contribution in [0.1, 0.15) is 11.1 Å². The molecule has 1 heterocycles. The Morgan fingerprint density at radius 1 is 1.42 bits per heavy atom. The van der Waals surface area contributed by atoms with Crippen LogP contribution < -0.4 is 11.1 Å². The number of rotatable bonds is 0. The van der Waals surface area contributed by atoms with Gasteiger partial charge in [-0.05, 0) is 30.2 Å². The van der Waals surface area contributed by atoms with Crippen LogP contribution in [0.25, 0.3) is 0 Å². The monoisotopic (exact) mass is 164 g/mol. The number of hydrogen-bond donors (Lipinski definition) is 3. The first-order valence-corrected chi connectivity index (χ1v) is 4.08. The van der Waals surface area contributed by atoms with Crippen LogP contribution >= 0.6 is 0 Å². The number of phenols is 1. The third kappa shape index (κ3) is 1.12. The first kappa shape index (κ1) is 7.43. The maximum absolute atomic E-state index is 9.26. The quantitative estimate of drug-likeness (QED) is 0.493. The summed E-state index contributed by atoms with van der Waals surface area (Å²) < 4.78 is 0. The van der Waals surface area contributed by atoms with Crippen molar-refractivity contribution in [1.29, 1.82) is 0 Å². The molecule has 0 radical (unpaired) electrons. The highest BCUT2D eigenvalue weighted by atomic mass is 16.3. The molecule has 0 aliphatic carbocycles. The number of nitrogen functional groups attached to an aromatic ring is 1. The molecule has 0 unspecified atom stereocenters. The van der Waals surface area contributed by atoms with E-state index < -0.39 is 0 Å². The van der Waals surface area contributed by atoms with Crippen molar-refractivity contribution in [1.82, 2.24) is 5.32 Å². The van der Waals surface area contributed by atoms with Gasteiger partial charge in [-0.2, -0.15) is 0 Å². The van der Waals surface area contributed by atoms with Gasteiger partial charge >= 0.3 is 0 Å². The summed E-state index contributed by atoms with van der Waals surface area (Å²) in [5, 5.41) is 12.5. The van der Waals surface area contributed by atoms with E-state index in [-0.39, 0.29) is 5.75 Å². The van der Waals surface area contributed by atoms with E-state index in [1.54, 1.807) is 12.1 Å². The largest absolute Gasteiger partial charge is 0.508 e. The van der Waals surface area contributed by atoms with Gasteiger partial charge in [-0.1, -0.05) is 0 Å². The van der Waals surface area contributed by atoms with Crippen LogP contribution in [0.5, 0.6) is 5.75 Å². The Balaban J connectivity index is 2.53. The Morgan fingerprint density at radius 3 is 3.08 bits per heavy atom. The Hall–Kier alpha value is -1.22. The fourth-order valence-corrected chi connectivity index (χ4v) is 1.64. The fraction of sp³-hybridized carbons (Fsp3) is 0.333. The maximum atomic E-state index is 9.26. The Labute approximate surface area is 71.2 Å². The zero-order valence-corrected chi connectivity index (χ0v) is 6.80. The number of aromatic hydroxyl groups is 1. The van der Waals surface area contributed by atoms with E-state index in [1.165, 1.54) is 5.56 Å². The van der Waals surface area contributed by atoms with Gasteiger partial charge in [-0.15, -0.1) is 0 Å². The van der Waals surface area contributed by atoms with Crippen LogP contribution in [0.15, 0.2) is 12.1 Å². The Bertz CT molecular complexity index is 310. The van der Waals surface area contributed by atoms with E-state index in [2.05, 4.69) is 5.32 Å². The molecule has 0 saturated carbocycles. The van der Waals surface area contributed by atoms with Crippen molar-refractivity contribution in [2.24, 2.45) is 0 Å². The number of nitrogens with two attached hydrogens (primary N) is 1. The van der Waals surface area contributed by atoms with Crippen molar-refractivity contribution >= 4 is 5.69 Å². The van der Waals surface area contributed by atoms with Gasteiger partial charge in [0.05, 0.1) is 0 Å². The maximum Gasteiger partial charge on any atom is 0.117 e.